The molecule has 0 aliphatic heterocycles. The fourth-order valence-corrected chi connectivity index (χ4v) is 4.45. The van der Waals surface area contributed by atoms with E-state index < -0.39 is 6.10 Å². The highest BCUT2D eigenvalue weighted by atomic mass is 16.3. The topological polar surface area (TPSA) is 56.6 Å². The number of rotatable bonds is 14. The summed E-state index contributed by atoms with van der Waals surface area (Å²) in [6.07, 6.45) is 9.16. The highest BCUT2D eigenvalue weighted by molar-refractivity contribution is 5.89. The van der Waals surface area contributed by atoms with Crippen LogP contribution in [0.1, 0.15) is 76.9 Å². The Morgan fingerprint density at radius 3 is 2.12 bits per heavy atom. The second-order valence-electron chi connectivity index (χ2n) is 9.07. The monoisotopic (exact) mass is 448 g/mol. The summed E-state index contributed by atoms with van der Waals surface area (Å²) in [7, 11) is 0. The Hall–Kier alpha value is -2.43. The lowest BCUT2D eigenvalue weighted by atomic mass is 9.99. The maximum Gasteiger partial charge on any atom is 0.141 e. The maximum absolute atomic E-state index is 11.4. The molecule has 0 radical (unpaired) electrons. The Labute approximate surface area is 199 Å². The number of pyridine rings is 1. The van der Waals surface area contributed by atoms with Crippen molar-refractivity contribution >= 4 is 10.9 Å². The van der Waals surface area contributed by atoms with Crippen molar-refractivity contribution in [3.8, 4) is 17.0 Å². The molecule has 178 valence electrons. The summed E-state index contributed by atoms with van der Waals surface area (Å²) < 4.78 is 0. The summed E-state index contributed by atoms with van der Waals surface area (Å²) in [5.74, 6) is 0.148. The zero-order valence-electron chi connectivity index (χ0n) is 20.3. The third-order valence-electron chi connectivity index (χ3n) is 6.37. The van der Waals surface area contributed by atoms with Gasteiger partial charge in [-0.25, -0.2) is 4.98 Å². The van der Waals surface area contributed by atoms with E-state index in [4.69, 9.17) is 4.98 Å². The van der Waals surface area contributed by atoms with Gasteiger partial charge in [-0.3, -0.25) is 0 Å². The second-order valence-corrected chi connectivity index (χ2v) is 9.07. The molecule has 1 heterocycles. The van der Waals surface area contributed by atoms with Crippen molar-refractivity contribution in [1.82, 2.24) is 9.88 Å². The van der Waals surface area contributed by atoms with E-state index in [1.165, 1.54) is 51.4 Å². The largest absolute Gasteiger partial charge is 0.506 e. The van der Waals surface area contributed by atoms with E-state index in [-0.39, 0.29) is 5.75 Å². The molecule has 0 aliphatic carbocycles. The number of phenolic OH excluding ortho intramolecular Hbond substituents is 1. The second kappa shape index (κ2) is 13.3. The Morgan fingerprint density at radius 2 is 1.48 bits per heavy atom. The lowest BCUT2D eigenvalue weighted by Crippen LogP contribution is -2.31. The highest BCUT2D eigenvalue weighted by Crippen LogP contribution is 2.33. The van der Waals surface area contributed by atoms with Gasteiger partial charge in [-0.2, -0.15) is 0 Å². The Morgan fingerprint density at radius 1 is 0.818 bits per heavy atom. The SMILES string of the molecule is CCCCCCN(CCCCCC)C[C@H](O)c1cc(-c2ccccc2)nc2c(O)cccc12. The molecule has 4 nitrogen and oxygen atoms in total. The molecule has 0 aliphatic rings. The summed E-state index contributed by atoms with van der Waals surface area (Å²) in [6, 6.07) is 17.4. The van der Waals surface area contributed by atoms with Gasteiger partial charge in [0.1, 0.15) is 11.3 Å². The number of aliphatic hydroxyl groups excluding tert-OH is 1. The smallest absolute Gasteiger partial charge is 0.141 e. The number of para-hydroxylation sites is 1. The number of aromatic nitrogens is 1. The van der Waals surface area contributed by atoms with Crippen molar-refractivity contribution in [3.05, 3.63) is 60.2 Å². The van der Waals surface area contributed by atoms with E-state index in [0.717, 1.165) is 35.3 Å². The van der Waals surface area contributed by atoms with Gasteiger partial charge in [0.05, 0.1) is 11.8 Å². The number of fused-ring (bicyclic) bond motifs is 1. The molecule has 0 fully saturated rings. The van der Waals surface area contributed by atoms with Crippen molar-refractivity contribution in [2.45, 2.75) is 71.3 Å². The third kappa shape index (κ3) is 7.28. The van der Waals surface area contributed by atoms with Gasteiger partial charge >= 0.3 is 0 Å². The molecule has 2 N–H and O–H groups in total. The molecule has 0 saturated carbocycles. The molecule has 0 bridgehead atoms. The van der Waals surface area contributed by atoms with E-state index in [9.17, 15) is 10.2 Å². The van der Waals surface area contributed by atoms with Crippen LogP contribution in [0, 0.1) is 0 Å². The molecule has 1 aromatic heterocycles. The van der Waals surface area contributed by atoms with Gasteiger partial charge in [0.15, 0.2) is 0 Å². The van der Waals surface area contributed by atoms with Crippen LogP contribution in [0.15, 0.2) is 54.6 Å². The molecular weight excluding hydrogens is 408 g/mol. The number of hydrogen-bond donors (Lipinski definition) is 2. The minimum absolute atomic E-state index is 0.148. The standard InChI is InChI=1S/C29H40N2O2/c1-3-5-7-12-19-31(20-13-8-6-4-2)22-28(33)25-21-26(23-15-10-9-11-16-23)30-29-24(25)17-14-18-27(29)32/h9-11,14-18,21,28,32-33H,3-8,12-13,19-20,22H2,1-2H3/t28-/m0/s1. The van der Waals surface area contributed by atoms with E-state index >= 15 is 0 Å². The minimum atomic E-state index is -0.642. The van der Waals surface area contributed by atoms with Crippen LogP contribution in [0.4, 0.5) is 0 Å². The van der Waals surface area contributed by atoms with Gasteiger partial charge in [-0.15, -0.1) is 0 Å². The van der Waals surface area contributed by atoms with Crippen LogP contribution < -0.4 is 0 Å². The fourth-order valence-electron chi connectivity index (χ4n) is 4.45. The molecule has 1 atom stereocenters. The van der Waals surface area contributed by atoms with Gasteiger partial charge in [-0.1, -0.05) is 94.8 Å². The van der Waals surface area contributed by atoms with Crippen molar-refractivity contribution < 1.29 is 10.2 Å². The van der Waals surface area contributed by atoms with Crippen LogP contribution in [0.25, 0.3) is 22.2 Å². The van der Waals surface area contributed by atoms with Gasteiger partial charge < -0.3 is 15.1 Å². The first-order valence-corrected chi connectivity index (χ1v) is 12.7. The average molecular weight is 449 g/mol. The van der Waals surface area contributed by atoms with E-state index in [1.54, 1.807) is 6.07 Å². The Bertz CT molecular complexity index is 962. The number of unbranched alkanes of at least 4 members (excludes halogenated alkanes) is 6. The molecule has 4 heteroatoms. The number of nitrogens with zero attached hydrogens (tertiary/aromatic N) is 2. The lowest BCUT2D eigenvalue weighted by Gasteiger charge is -2.26. The van der Waals surface area contributed by atoms with Crippen LogP contribution in [0.5, 0.6) is 5.75 Å². The molecule has 0 saturated heterocycles. The molecule has 33 heavy (non-hydrogen) atoms. The normalized spacial score (nSPS) is 12.5. The summed E-state index contributed by atoms with van der Waals surface area (Å²) in [4.78, 5) is 7.16. The molecule has 0 amide bonds. The van der Waals surface area contributed by atoms with Gasteiger partial charge in [0.25, 0.3) is 0 Å². The predicted octanol–water partition coefficient (Wildman–Crippen LogP) is 7.10. The van der Waals surface area contributed by atoms with Crippen molar-refractivity contribution in [2.24, 2.45) is 0 Å². The molecule has 0 spiro atoms. The lowest BCUT2D eigenvalue weighted by molar-refractivity contribution is 0.111. The van der Waals surface area contributed by atoms with Crippen molar-refractivity contribution in [1.29, 1.82) is 0 Å². The Kier molecular flexibility index (Phi) is 10.2. The third-order valence-corrected chi connectivity index (χ3v) is 6.37. The summed E-state index contributed by atoms with van der Waals surface area (Å²) in [5, 5.41) is 22.7. The number of benzene rings is 2. The van der Waals surface area contributed by atoms with Crippen LogP contribution in [-0.4, -0.2) is 39.7 Å². The first-order valence-electron chi connectivity index (χ1n) is 12.7. The van der Waals surface area contributed by atoms with Crippen molar-refractivity contribution in [2.75, 3.05) is 19.6 Å². The quantitative estimate of drug-likeness (QED) is 0.258. The van der Waals surface area contributed by atoms with Crippen LogP contribution in [0.2, 0.25) is 0 Å². The average Bonchev–Trinajstić information content (AvgIpc) is 2.84. The van der Waals surface area contributed by atoms with E-state index in [0.29, 0.717) is 12.1 Å². The number of hydrogen-bond acceptors (Lipinski definition) is 4. The number of aromatic hydroxyl groups is 1. The van der Waals surface area contributed by atoms with Gasteiger partial charge in [-0.05, 0) is 43.6 Å². The van der Waals surface area contributed by atoms with Crippen LogP contribution in [0.3, 0.4) is 0 Å². The first kappa shape index (κ1) is 25.2. The number of aliphatic hydroxyl groups is 1. The Balaban J connectivity index is 1.86. The van der Waals surface area contributed by atoms with Gasteiger partial charge in [0.2, 0.25) is 0 Å². The number of phenols is 1. The molecular formula is C29H40N2O2. The summed E-state index contributed by atoms with van der Waals surface area (Å²) in [5.41, 5.74) is 3.13. The maximum atomic E-state index is 11.4. The first-order chi connectivity index (χ1) is 16.1. The molecule has 3 rings (SSSR count). The van der Waals surface area contributed by atoms with Crippen LogP contribution >= 0.6 is 0 Å². The van der Waals surface area contributed by atoms with E-state index in [1.807, 2.05) is 48.5 Å². The fraction of sp³-hybridized carbons (Fsp3) is 0.483. The van der Waals surface area contributed by atoms with E-state index in [2.05, 4.69) is 18.7 Å². The predicted molar refractivity (Wildman–Crippen MR) is 139 cm³/mol. The summed E-state index contributed by atoms with van der Waals surface area (Å²) in [6.45, 7) is 7.11. The molecule has 3 aromatic rings. The summed E-state index contributed by atoms with van der Waals surface area (Å²) >= 11 is 0. The van der Waals surface area contributed by atoms with Crippen molar-refractivity contribution in [3.63, 3.8) is 0 Å². The van der Waals surface area contributed by atoms with Gasteiger partial charge in [0, 0.05) is 17.5 Å². The minimum Gasteiger partial charge on any atom is -0.506 e. The highest BCUT2D eigenvalue weighted by Gasteiger charge is 2.19. The molecule has 2 aromatic carbocycles. The zero-order valence-corrected chi connectivity index (χ0v) is 20.3. The zero-order chi connectivity index (χ0) is 23.5. The van der Waals surface area contributed by atoms with Crippen LogP contribution in [-0.2, 0) is 0 Å². The molecule has 0 unspecified atom stereocenters.